The number of nitrogens with two attached hydrogens (primary N) is 2. The Labute approximate surface area is 113 Å². The Bertz CT molecular complexity index is 796. The molecule has 0 amide bonds. The van der Waals surface area contributed by atoms with Crippen LogP contribution in [0.3, 0.4) is 0 Å². The van der Waals surface area contributed by atoms with Crippen molar-refractivity contribution in [2.75, 3.05) is 11.5 Å². The van der Waals surface area contributed by atoms with Crippen LogP contribution in [0.2, 0.25) is 0 Å². The van der Waals surface area contributed by atoms with Crippen LogP contribution in [0.25, 0.3) is 0 Å². The molecule has 0 bridgehead atoms. The van der Waals surface area contributed by atoms with Gasteiger partial charge in [-0.15, -0.1) is 0 Å². The predicted octanol–water partition coefficient (Wildman–Crippen LogP) is 1.04. The van der Waals surface area contributed by atoms with E-state index in [1.807, 2.05) is 0 Å². The summed E-state index contributed by atoms with van der Waals surface area (Å²) >= 11 is 0. The van der Waals surface area contributed by atoms with Crippen LogP contribution in [0.4, 0.5) is 11.4 Å². The second-order valence-corrected chi connectivity index (χ2v) is 4.51. The molecule has 0 saturated carbocycles. The lowest BCUT2D eigenvalue weighted by atomic mass is 9.82. The zero-order valence-electron chi connectivity index (χ0n) is 10.2. The second-order valence-electron chi connectivity index (χ2n) is 4.51. The van der Waals surface area contributed by atoms with Gasteiger partial charge in [-0.2, -0.15) is 0 Å². The smallest absolute Gasteiger partial charge is 0.202 e. The van der Waals surface area contributed by atoms with E-state index >= 15 is 0 Å². The number of nitrogen functional groups attached to an aromatic ring is 2. The number of phenolic OH excluding ortho intramolecular Hbond substituents is 2. The van der Waals surface area contributed by atoms with Crippen molar-refractivity contribution in [3.8, 4) is 11.5 Å². The summed E-state index contributed by atoms with van der Waals surface area (Å²) in [5.74, 6) is -1.96. The summed E-state index contributed by atoms with van der Waals surface area (Å²) in [7, 11) is 0. The average Bonchev–Trinajstić information content (AvgIpc) is 2.40. The van der Waals surface area contributed by atoms with Gasteiger partial charge in [-0.05, 0) is 6.07 Å². The van der Waals surface area contributed by atoms with Crippen LogP contribution in [0.1, 0.15) is 31.8 Å². The van der Waals surface area contributed by atoms with E-state index in [2.05, 4.69) is 0 Å². The van der Waals surface area contributed by atoms with Crippen LogP contribution in [0.5, 0.6) is 11.5 Å². The van der Waals surface area contributed by atoms with Gasteiger partial charge in [-0.25, -0.2) is 0 Å². The molecule has 20 heavy (non-hydrogen) atoms. The molecule has 6 heteroatoms. The summed E-state index contributed by atoms with van der Waals surface area (Å²) in [4.78, 5) is 24.8. The van der Waals surface area contributed by atoms with E-state index in [4.69, 9.17) is 11.5 Å². The maximum atomic E-state index is 12.4. The van der Waals surface area contributed by atoms with Gasteiger partial charge in [-0.1, -0.05) is 12.1 Å². The van der Waals surface area contributed by atoms with Crippen molar-refractivity contribution in [3.05, 3.63) is 46.5 Å². The van der Waals surface area contributed by atoms with E-state index in [-0.39, 0.29) is 39.4 Å². The summed E-state index contributed by atoms with van der Waals surface area (Å²) in [6, 6.07) is 5.28. The number of rotatable bonds is 0. The number of phenols is 2. The maximum Gasteiger partial charge on any atom is 0.202 e. The Morgan fingerprint density at radius 3 is 2.25 bits per heavy atom. The molecule has 0 aromatic heterocycles. The lowest BCUT2D eigenvalue weighted by Crippen LogP contribution is -2.23. The third-order valence-electron chi connectivity index (χ3n) is 3.35. The van der Waals surface area contributed by atoms with Crippen LogP contribution in [-0.4, -0.2) is 21.8 Å². The molecule has 0 unspecified atom stereocenters. The Kier molecular flexibility index (Phi) is 2.25. The summed E-state index contributed by atoms with van der Waals surface area (Å²) in [5, 5.41) is 19.7. The molecule has 0 heterocycles. The number of ketones is 2. The maximum absolute atomic E-state index is 12.4. The molecule has 0 saturated heterocycles. The van der Waals surface area contributed by atoms with Gasteiger partial charge in [0.25, 0.3) is 0 Å². The largest absolute Gasteiger partial charge is 0.507 e. The first-order chi connectivity index (χ1) is 9.43. The zero-order valence-corrected chi connectivity index (χ0v) is 10.2. The monoisotopic (exact) mass is 270 g/mol. The van der Waals surface area contributed by atoms with Gasteiger partial charge < -0.3 is 21.7 Å². The van der Waals surface area contributed by atoms with Gasteiger partial charge in [-0.3, -0.25) is 9.59 Å². The normalized spacial score (nSPS) is 13.0. The number of carbonyl (C=O) groups excluding carboxylic acids is 2. The van der Waals surface area contributed by atoms with E-state index in [0.717, 1.165) is 6.07 Å². The fourth-order valence-corrected chi connectivity index (χ4v) is 2.40. The van der Waals surface area contributed by atoms with Crippen LogP contribution in [-0.2, 0) is 0 Å². The number of hydrogen-bond acceptors (Lipinski definition) is 6. The summed E-state index contributed by atoms with van der Waals surface area (Å²) in [5.41, 5.74) is 10.9. The van der Waals surface area contributed by atoms with Crippen LogP contribution >= 0.6 is 0 Å². The number of benzene rings is 2. The van der Waals surface area contributed by atoms with Crippen LogP contribution < -0.4 is 11.5 Å². The number of anilines is 2. The number of carbonyl (C=O) groups is 2. The van der Waals surface area contributed by atoms with E-state index in [1.54, 1.807) is 0 Å². The van der Waals surface area contributed by atoms with Crippen molar-refractivity contribution < 1.29 is 19.8 Å². The van der Waals surface area contributed by atoms with E-state index < -0.39 is 17.3 Å². The fraction of sp³-hybridized carbons (Fsp3) is 0. The van der Waals surface area contributed by atoms with Crippen molar-refractivity contribution in [3.63, 3.8) is 0 Å². The standard InChI is InChI=1S/C14H10N2O4/c15-6-4-8(18)10-11(12(6)16)13(19)5-2-1-3-7(17)9(5)14(10)20/h1-4,17-18H,15-16H2. The predicted molar refractivity (Wildman–Crippen MR) is 71.9 cm³/mol. The average molecular weight is 270 g/mol. The summed E-state index contributed by atoms with van der Waals surface area (Å²) in [6.07, 6.45) is 0. The molecule has 2 aromatic carbocycles. The summed E-state index contributed by atoms with van der Waals surface area (Å²) < 4.78 is 0. The lowest BCUT2D eigenvalue weighted by molar-refractivity contribution is 0.0975. The Morgan fingerprint density at radius 2 is 1.55 bits per heavy atom. The highest BCUT2D eigenvalue weighted by atomic mass is 16.3. The highest BCUT2D eigenvalue weighted by Crippen LogP contribution is 2.40. The zero-order chi connectivity index (χ0) is 14.6. The van der Waals surface area contributed by atoms with Crippen molar-refractivity contribution in [2.45, 2.75) is 0 Å². The molecular weight excluding hydrogens is 260 g/mol. The van der Waals surface area contributed by atoms with E-state index in [0.29, 0.717) is 0 Å². The molecule has 6 N–H and O–H groups in total. The fourth-order valence-electron chi connectivity index (χ4n) is 2.40. The molecule has 0 radical (unpaired) electrons. The molecule has 0 fully saturated rings. The third-order valence-corrected chi connectivity index (χ3v) is 3.35. The molecule has 6 nitrogen and oxygen atoms in total. The number of hydrogen-bond donors (Lipinski definition) is 4. The number of aromatic hydroxyl groups is 2. The van der Waals surface area contributed by atoms with Gasteiger partial charge in [0.05, 0.1) is 28.1 Å². The molecular formula is C14H10N2O4. The SMILES string of the molecule is Nc1cc(O)c2c(c1N)C(=O)c1cccc(O)c1C2=O. The van der Waals surface area contributed by atoms with Gasteiger partial charge in [0.15, 0.2) is 5.78 Å². The molecule has 3 rings (SSSR count). The van der Waals surface area contributed by atoms with Crippen molar-refractivity contribution in [2.24, 2.45) is 0 Å². The molecule has 1 aliphatic carbocycles. The molecule has 1 aliphatic rings. The van der Waals surface area contributed by atoms with Crippen LogP contribution in [0.15, 0.2) is 24.3 Å². The topological polar surface area (TPSA) is 127 Å². The first-order valence-corrected chi connectivity index (χ1v) is 5.75. The third kappa shape index (κ3) is 1.33. The minimum absolute atomic E-state index is 0.0194. The first-order valence-electron chi connectivity index (χ1n) is 5.75. The molecule has 0 spiro atoms. The quantitative estimate of drug-likeness (QED) is 0.357. The number of fused-ring (bicyclic) bond motifs is 2. The van der Waals surface area contributed by atoms with E-state index in [1.165, 1.54) is 18.2 Å². The molecule has 100 valence electrons. The van der Waals surface area contributed by atoms with Gasteiger partial charge in [0.2, 0.25) is 5.78 Å². The molecule has 0 atom stereocenters. The van der Waals surface area contributed by atoms with Crippen LogP contribution in [0, 0.1) is 0 Å². The van der Waals surface area contributed by atoms with Gasteiger partial charge in [0, 0.05) is 11.6 Å². The molecule has 2 aromatic rings. The minimum atomic E-state index is -0.656. The summed E-state index contributed by atoms with van der Waals surface area (Å²) in [6.45, 7) is 0. The molecule has 0 aliphatic heterocycles. The van der Waals surface area contributed by atoms with Gasteiger partial charge in [0.1, 0.15) is 11.5 Å². The Balaban J connectivity index is 2.44. The second kappa shape index (κ2) is 3.74. The highest BCUT2D eigenvalue weighted by Gasteiger charge is 2.36. The highest BCUT2D eigenvalue weighted by molar-refractivity contribution is 6.32. The van der Waals surface area contributed by atoms with Crippen molar-refractivity contribution in [1.82, 2.24) is 0 Å². The lowest BCUT2D eigenvalue weighted by Gasteiger charge is -2.21. The van der Waals surface area contributed by atoms with Crippen molar-refractivity contribution in [1.29, 1.82) is 0 Å². The van der Waals surface area contributed by atoms with E-state index in [9.17, 15) is 19.8 Å². The minimum Gasteiger partial charge on any atom is -0.507 e. The Morgan fingerprint density at radius 1 is 0.850 bits per heavy atom. The van der Waals surface area contributed by atoms with Crippen molar-refractivity contribution >= 4 is 22.9 Å². The Hall–Kier alpha value is -3.02. The van der Waals surface area contributed by atoms with Gasteiger partial charge >= 0.3 is 0 Å². The first kappa shape index (κ1) is 12.0.